The predicted octanol–water partition coefficient (Wildman–Crippen LogP) is 2.79. The van der Waals surface area contributed by atoms with Gasteiger partial charge in [0.05, 0.1) is 13.3 Å². The van der Waals surface area contributed by atoms with Gasteiger partial charge in [0.1, 0.15) is 5.75 Å². The van der Waals surface area contributed by atoms with Crippen molar-refractivity contribution in [3.05, 3.63) is 36.4 Å². The highest BCUT2D eigenvalue weighted by Gasteiger charge is 2.24. The van der Waals surface area contributed by atoms with Crippen molar-refractivity contribution in [3.63, 3.8) is 0 Å². The molecule has 0 bridgehead atoms. The number of hydrogen-bond donors (Lipinski definition) is 1. The lowest BCUT2D eigenvalue weighted by Crippen LogP contribution is -2.40. The summed E-state index contributed by atoms with van der Waals surface area (Å²) in [5.74, 6) is 2.20. The van der Waals surface area contributed by atoms with Crippen molar-refractivity contribution in [2.45, 2.75) is 38.5 Å². The van der Waals surface area contributed by atoms with Crippen LogP contribution in [0.25, 0.3) is 11.3 Å². The number of carbonyl (C=O) groups excluding carboxylic acids is 2. The maximum atomic E-state index is 12.6. The van der Waals surface area contributed by atoms with Gasteiger partial charge in [0, 0.05) is 37.9 Å². The summed E-state index contributed by atoms with van der Waals surface area (Å²) in [6.07, 6.45) is 5.67. The van der Waals surface area contributed by atoms with E-state index in [2.05, 4.69) is 4.98 Å². The van der Waals surface area contributed by atoms with E-state index in [-0.39, 0.29) is 11.8 Å². The second-order valence-electron chi connectivity index (χ2n) is 7.20. The van der Waals surface area contributed by atoms with E-state index in [1.165, 1.54) is 0 Å². The van der Waals surface area contributed by atoms with Gasteiger partial charge in [-0.3, -0.25) is 9.59 Å². The van der Waals surface area contributed by atoms with Crippen LogP contribution >= 0.6 is 0 Å². The predicted molar refractivity (Wildman–Crippen MR) is 105 cm³/mol. The van der Waals surface area contributed by atoms with Crippen molar-refractivity contribution in [2.75, 3.05) is 20.2 Å². The molecule has 7 heteroatoms. The number of amides is 2. The molecule has 1 aliphatic heterocycles. The van der Waals surface area contributed by atoms with E-state index in [1.807, 2.05) is 29.2 Å². The average molecular weight is 385 g/mol. The van der Waals surface area contributed by atoms with Gasteiger partial charge in [-0.1, -0.05) is 0 Å². The highest BCUT2D eigenvalue weighted by atomic mass is 16.5. The number of oxazole rings is 1. The summed E-state index contributed by atoms with van der Waals surface area (Å²) in [4.78, 5) is 29.7. The van der Waals surface area contributed by atoms with Gasteiger partial charge in [0.15, 0.2) is 11.7 Å². The van der Waals surface area contributed by atoms with E-state index < -0.39 is 0 Å². The summed E-state index contributed by atoms with van der Waals surface area (Å²) in [5.41, 5.74) is 6.15. The summed E-state index contributed by atoms with van der Waals surface area (Å²) < 4.78 is 10.9. The zero-order valence-corrected chi connectivity index (χ0v) is 16.2. The van der Waals surface area contributed by atoms with Gasteiger partial charge in [-0.15, -0.1) is 0 Å². The molecule has 0 radical (unpaired) electrons. The monoisotopic (exact) mass is 385 g/mol. The molecular formula is C21H27N3O4. The van der Waals surface area contributed by atoms with Gasteiger partial charge in [-0.2, -0.15) is 0 Å². The fourth-order valence-corrected chi connectivity index (χ4v) is 3.56. The standard InChI is InChI=1S/C21H27N3O4/c1-27-17-7-5-16(6-8-17)18-13-23-20(28-18)10-11-21(26)24-12-2-3-15(14-24)4-9-19(22)25/h5-8,13,15H,2-4,9-12,14H2,1H3,(H2,22,25). The van der Waals surface area contributed by atoms with Crippen molar-refractivity contribution in [3.8, 4) is 17.1 Å². The van der Waals surface area contributed by atoms with Crippen molar-refractivity contribution in [1.82, 2.24) is 9.88 Å². The van der Waals surface area contributed by atoms with E-state index in [9.17, 15) is 9.59 Å². The van der Waals surface area contributed by atoms with Crippen LogP contribution in [0.15, 0.2) is 34.9 Å². The number of nitrogens with two attached hydrogens (primary N) is 1. The summed E-state index contributed by atoms with van der Waals surface area (Å²) in [6.45, 7) is 1.48. The molecule has 1 aliphatic rings. The largest absolute Gasteiger partial charge is 0.497 e. The number of aromatic nitrogens is 1. The molecule has 150 valence electrons. The van der Waals surface area contributed by atoms with E-state index in [1.54, 1.807) is 13.3 Å². The Labute approximate surface area is 164 Å². The molecule has 28 heavy (non-hydrogen) atoms. The minimum Gasteiger partial charge on any atom is -0.497 e. The maximum absolute atomic E-state index is 12.6. The number of piperidine rings is 1. The van der Waals surface area contributed by atoms with Crippen LogP contribution in [-0.2, 0) is 16.0 Å². The molecule has 1 saturated heterocycles. The molecule has 1 atom stereocenters. The third-order valence-electron chi connectivity index (χ3n) is 5.15. The minimum atomic E-state index is -0.278. The molecule has 1 fully saturated rings. The number of ether oxygens (including phenoxy) is 1. The van der Waals surface area contributed by atoms with Gasteiger partial charge < -0.3 is 19.8 Å². The number of likely N-dealkylation sites (tertiary alicyclic amines) is 1. The van der Waals surface area contributed by atoms with Gasteiger partial charge >= 0.3 is 0 Å². The fourth-order valence-electron chi connectivity index (χ4n) is 3.56. The Balaban J connectivity index is 1.50. The maximum Gasteiger partial charge on any atom is 0.223 e. The number of aryl methyl sites for hydroxylation is 1. The first kappa shape index (κ1) is 19.9. The first-order chi connectivity index (χ1) is 13.5. The zero-order valence-electron chi connectivity index (χ0n) is 16.2. The molecule has 1 aromatic carbocycles. The van der Waals surface area contributed by atoms with Crippen molar-refractivity contribution < 1.29 is 18.7 Å². The third kappa shape index (κ3) is 5.34. The Morgan fingerprint density at radius 2 is 2.07 bits per heavy atom. The normalized spacial score (nSPS) is 16.8. The molecule has 2 amide bonds. The van der Waals surface area contributed by atoms with Crippen LogP contribution < -0.4 is 10.5 Å². The van der Waals surface area contributed by atoms with Gasteiger partial charge in [-0.05, 0) is 49.4 Å². The average Bonchev–Trinajstić information content (AvgIpc) is 3.20. The van der Waals surface area contributed by atoms with Crippen LogP contribution in [0.4, 0.5) is 0 Å². The lowest BCUT2D eigenvalue weighted by atomic mass is 9.93. The lowest BCUT2D eigenvalue weighted by molar-refractivity contribution is -0.133. The second kappa shape index (κ2) is 9.39. The van der Waals surface area contributed by atoms with E-state index >= 15 is 0 Å². The first-order valence-electron chi connectivity index (χ1n) is 9.70. The van der Waals surface area contributed by atoms with E-state index in [0.29, 0.717) is 43.4 Å². The van der Waals surface area contributed by atoms with Crippen LogP contribution in [-0.4, -0.2) is 41.9 Å². The Kier molecular flexibility index (Phi) is 6.68. The molecule has 0 spiro atoms. The molecule has 0 aliphatic carbocycles. The summed E-state index contributed by atoms with van der Waals surface area (Å²) in [7, 11) is 1.63. The van der Waals surface area contributed by atoms with Gasteiger partial charge in [0.25, 0.3) is 0 Å². The van der Waals surface area contributed by atoms with Crippen molar-refractivity contribution >= 4 is 11.8 Å². The number of benzene rings is 1. The molecule has 3 rings (SSSR count). The third-order valence-corrected chi connectivity index (χ3v) is 5.15. The number of hydrogen-bond acceptors (Lipinski definition) is 5. The quantitative estimate of drug-likeness (QED) is 0.753. The zero-order chi connectivity index (χ0) is 19.9. The minimum absolute atomic E-state index is 0.105. The van der Waals surface area contributed by atoms with Gasteiger partial charge in [0.2, 0.25) is 11.8 Å². The van der Waals surface area contributed by atoms with Crippen LogP contribution in [0.5, 0.6) is 5.75 Å². The molecule has 2 aromatic rings. The molecule has 1 unspecified atom stereocenters. The summed E-state index contributed by atoms with van der Waals surface area (Å²) in [6, 6.07) is 7.56. The topological polar surface area (TPSA) is 98.7 Å². The van der Waals surface area contributed by atoms with E-state index in [4.69, 9.17) is 14.9 Å². The van der Waals surface area contributed by atoms with Gasteiger partial charge in [-0.25, -0.2) is 4.98 Å². The van der Waals surface area contributed by atoms with E-state index in [0.717, 1.165) is 37.1 Å². The molecule has 1 aromatic heterocycles. The fraction of sp³-hybridized carbons (Fsp3) is 0.476. The number of methoxy groups -OCH3 is 1. The van der Waals surface area contributed by atoms with Crippen molar-refractivity contribution in [2.24, 2.45) is 11.7 Å². The molecule has 2 heterocycles. The Morgan fingerprint density at radius 1 is 1.29 bits per heavy atom. The summed E-state index contributed by atoms with van der Waals surface area (Å²) in [5, 5.41) is 0. The Morgan fingerprint density at radius 3 is 2.79 bits per heavy atom. The summed E-state index contributed by atoms with van der Waals surface area (Å²) >= 11 is 0. The second-order valence-corrected chi connectivity index (χ2v) is 7.20. The SMILES string of the molecule is COc1ccc(-c2cnc(CCC(=O)N3CCCC(CCC(N)=O)C3)o2)cc1. The Hall–Kier alpha value is -2.83. The number of nitrogens with zero attached hydrogens (tertiary/aromatic N) is 2. The highest BCUT2D eigenvalue weighted by Crippen LogP contribution is 2.24. The smallest absolute Gasteiger partial charge is 0.223 e. The number of rotatable bonds is 8. The highest BCUT2D eigenvalue weighted by molar-refractivity contribution is 5.76. The molecule has 7 nitrogen and oxygen atoms in total. The van der Waals surface area contributed by atoms with Crippen molar-refractivity contribution in [1.29, 1.82) is 0 Å². The molecule has 2 N–H and O–H groups in total. The van der Waals surface area contributed by atoms with Crippen LogP contribution in [0.1, 0.15) is 38.0 Å². The van der Waals surface area contributed by atoms with Crippen LogP contribution in [0.2, 0.25) is 0 Å². The lowest BCUT2D eigenvalue weighted by Gasteiger charge is -2.32. The Bertz CT molecular complexity index is 800. The molecule has 0 saturated carbocycles. The number of primary amides is 1. The van der Waals surface area contributed by atoms with Crippen LogP contribution in [0, 0.1) is 5.92 Å². The first-order valence-corrected chi connectivity index (χ1v) is 9.70. The number of carbonyl (C=O) groups is 2. The van der Waals surface area contributed by atoms with Crippen LogP contribution in [0.3, 0.4) is 0 Å². The molecular weight excluding hydrogens is 358 g/mol.